The molecule has 0 aliphatic rings. The van der Waals surface area contributed by atoms with Gasteiger partial charge in [-0.25, -0.2) is 4.98 Å². The quantitative estimate of drug-likeness (QED) is 0.866. The van der Waals surface area contributed by atoms with Crippen molar-refractivity contribution < 1.29 is 0 Å². The van der Waals surface area contributed by atoms with E-state index in [1.54, 1.807) is 6.33 Å². The van der Waals surface area contributed by atoms with Crippen molar-refractivity contribution >= 4 is 0 Å². The fraction of sp³-hybridized carbons (Fsp3) is 0.400. The second-order valence-corrected chi connectivity index (χ2v) is 4.99. The van der Waals surface area contributed by atoms with E-state index in [1.807, 2.05) is 6.20 Å². The van der Waals surface area contributed by atoms with Crippen molar-refractivity contribution in [2.45, 2.75) is 40.3 Å². The normalized spacial score (nSPS) is 12.7. The first-order valence-corrected chi connectivity index (χ1v) is 6.36. The fourth-order valence-corrected chi connectivity index (χ4v) is 2.62. The van der Waals surface area contributed by atoms with Crippen LogP contribution < -0.4 is 5.32 Å². The van der Waals surface area contributed by atoms with E-state index in [-0.39, 0.29) is 0 Å². The maximum atomic E-state index is 4.02. The molecular formula is C15H21N3. The van der Waals surface area contributed by atoms with E-state index in [9.17, 15) is 0 Å². The van der Waals surface area contributed by atoms with Crippen LogP contribution in [0, 0.1) is 20.8 Å². The van der Waals surface area contributed by atoms with Crippen molar-refractivity contribution in [3.63, 3.8) is 0 Å². The third kappa shape index (κ3) is 2.79. The summed E-state index contributed by atoms with van der Waals surface area (Å²) < 4.78 is 0. The van der Waals surface area contributed by atoms with Gasteiger partial charge < -0.3 is 10.3 Å². The summed E-state index contributed by atoms with van der Waals surface area (Å²) in [6.07, 6.45) is 3.57. The molecule has 0 radical (unpaired) electrons. The fourth-order valence-electron chi connectivity index (χ4n) is 2.62. The Balaban J connectivity index is 2.11. The molecule has 0 saturated carbocycles. The minimum Gasteiger partial charge on any atom is -0.347 e. The Morgan fingerprint density at radius 2 is 1.89 bits per heavy atom. The molecule has 1 unspecified atom stereocenters. The molecule has 0 fully saturated rings. The van der Waals surface area contributed by atoms with E-state index in [4.69, 9.17) is 0 Å². The molecule has 1 heterocycles. The second-order valence-electron chi connectivity index (χ2n) is 4.99. The number of rotatable bonds is 4. The predicted molar refractivity (Wildman–Crippen MR) is 74.5 cm³/mol. The van der Waals surface area contributed by atoms with Crippen LogP contribution in [-0.4, -0.2) is 9.97 Å². The van der Waals surface area contributed by atoms with Gasteiger partial charge in [0, 0.05) is 24.5 Å². The number of benzene rings is 1. The number of aromatic amines is 1. The number of nitrogens with zero attached hydrogens (tertiary/aromatic N) is 1. The second kappa shape index (κ2) is 5.36. The van der Waals surface area contributed by atoms with Gasteiger partial charge in [-0.15, -0.1) is 0 Å². The lowest BCUT2D eigenvalue weighted by molar-refractivity contribution is 0.564. The van der Waals surface area contributed by atoms with Gasteiger partial charge >= 0.3 is 0 Å². The number of imidazole rings is 1. The van der Waals surface area contributed by atoms with Gasteiger partial charge in [0.1, 0.15) is 0 Å². The molecule has 1 atom stereocenters. The number of aryl methyl sites for hydroxylation is 3. The van der Waals surface area contributed by atoms with E-state index in [1.165, 1.54) is 22.3 Å². The summed E-state index contributed by atoms with van der Waals surface area (Å²) in [5.41, 5.74) is 6.56. The van der Waals surface area contributed by atoms with Crippen molar-refractivity contribution in [1.29, 1.82) is 0 Å². The summed E-state index contributed by atoms with van der Waals surface area (Å²) in [5, 5.41) is 3.53. The summed E-state index contributed by atoms with van der Waals surface area (Å²) in [4.78, 5) is 7.13. The Morgan fingerprint density at radius 1 is 1.22 bits per heavy atom. The molecule has 0 aliphatic carbocycles. The first-order valence-electron chi connectivity index (χ1n) is 6.36. The van der Waals surface area contributed by atoms with Crippen LogP contribution >= 0.6 is 0 Å². The largest absolute Gasteiger partial charge is 0.347 e. The third-order valence-corrected chi connectivity index (χ3v) is 3.32. The molecule has 0 saturated heterocycles. The summed E-state index contributed by atoms with van der Waals surface area (Å²) in [7, 11) is 0. The minimum atomic E-state index is 0.342. The number of aromatic nitrogens is 2. The van der Waals surface area contributed by atoms with Crippen LogP contribution in [-0.2, 0) is 6.54 Å². The molecule has 2 aromatic rings. The van der Waals surface area contributed by atoms with Crippen LogP contribution in [0.5, 0.6) is 0 Å². The molecule has 0 bridgehead atoms. The van der Waals surface area contributed by atoms with E-state index in [2.05, 4.69) is 55.1 Å². The molecule has 96 valence electrons. The molecule has 3 nitrogen and oxygen atoms in total. The molecule has 1 aromatic heterocycles. The average Bonchev–Trinajstić information content (AvgIpc) is 2.77. The molecule has 2 rings (SSSR count). The Hall–Kier alpha value is -1.61. The first-order chi connectivity index (χ1) is 8.58. The van der Waals surface area contributed by atoms with Crippen molar-refractivity contribution in [1.82, 2.24) is 15.3 Å². The summed E-state index contributed by atoms with van der Waals surface area (Å²) >= 11 is 0. The molecule has 0 spiro atoms. The van der Waals surface area contributed by atoms with Crippen LogP contribution in [0.15, 0.2) is 24.7 Å². The van der Waals surface area contributed by atoms with Gasteiger partial charge in [-0.3, -0.25) is 0 Å². The Labute approximate surface area is 109 Å². The van der Waals surface area contributed by atoms with E-state index in [0.29, 0.717) is 6.04 Å². The van der Waals surface area contributed by atoms with E-state index < -0.39 is 0 Å². The highest BCUT2D eigenvalue weighted by atomic mass is 15.0. The predicted octanol–water partition coefficient (Wildman–Crippen LogP) is 3.19. The Kier molecular flexibility index (Phi) is 3.82. The van der Waals surface area contributed by atoms with Crippen LogP contribution in [0.2, 0.25) is 0 Å². The number of nitrogens with one attached hydrogen (secondary N) is 2. The SMILES string of the molecule is Cc1cc(C)c(C(C)NCc2cnc[nH]2)c(C)c1. The molecular weight excluding hydrogens is 222 g/mol. The standard InChI is InChI=1S/C15H21N3/c1-10-5-11(2)15(12(3)6-10)13(4)17-8-14-7-16-9-18-14/h5-7,9,13,17H,8H2,1-4H3,(H,16,18). The highest BCUT2D eigenvalue weighted by Gasteiger charge is 2.11. The molecule has 0 aliphatic heterocycles. The monoisotopic (exact) mass is 243 g/mol. The summed E-state index contributed by atoms with van der Waals surface area (Å²) in [5.74, 6) is 0. The van der Waals surface area contributed by atoms with Gasteiger partial charge in [-0.1, -0.05) is 17.7 Å². The van der Waals surface area contributed by atoms with Gasteiger partial charge in [0.2, 0.25) is 0 Å². The van der Waals surface area contributed by atoms with Crippen molar-refractivity contribution in [2.75, 3.05) is 0 Å². The number of hydrogen-bond donors (Lipinski definition) is 2. The maximum absolute atomic E-state index is 4.02. The van der Waals surface area contributed by atoms with Gasteiger partial charge in [0.05, 0.1) is 6.33 Å². The smallest absolute Gasteiger partial charge is 0.0922 e. The molecule has 3 heteroatoms. The zero-order valence-electron chi connectivity index (χ0n) is 11.5. The van der Waals surface area contributed by atoms with Gasteiger partial charge in [-0.05, 0) is 44.4 Å². The Morgan fingerprint density at radius 3 is 2.44 bits per heavy atom. The van der Waals surface area contributed by atoms with Crippen LogP contribution in [0.4, 0.5) is 0 Å². The van der Waals surface area contributed by atoms with Crippen molar-refractivity contribution in [3.8, 4) is 0 Å². The molecule has 0 amide bonds. The van der Waals surface area contributed by atoms with Crippen molar-refractivity contribution in [2.24, 2.45) is 0 Å². The van der Waals surface area contributed by atoms with Crippen LogP contribution in [0.3, 0.4) is 0 Å². The maximum Gasteiger partial charge on any atom is 0.0922 e. The average molecular weight is 243 g/mol. The first kappa shape index (κ1) is 12.8. The van der Waals surface area contributed by atoms with Gasteiger partial charge in [0.15, 0.2) is 0 Å². The lowest BCUT2D eigenvalue weighted by Gasteiger charge is -2.19. The number of H-pyrrole nitrogens is 1. The van der Waals surface area contributed by atoms with Crippen LogP contribution in [0.25, 0.3) is 0 Å². The lowest BCUT2D eigenvalue weighted by atomic mass is 9.95. The summed E-state index contributed by atoms with van der Waals surface area (Å²) in [6, 6.07) is 4.84. The molecule has 1 aromatic carbocycles. The highest BCUT2D eigenvalue weighted by Crippen LogP contribution is 2.23. The minimum absolute atomic E-state index is 0.342. The van der Waals surface area contributed by atoms with Gasteiger partial charge in [-0.2, -0.15) is 0 Å². The zero-order valence-corrected chi connectivity index (χ0v) is 11.5. The van der Waals surface area contributed by atoms with Crippen LogP contribution in [0.1, 0.15) is 40.9 Å². The Bertz CT molecular complexity index is 492. The van der Waals surface area contributed by atoms with Crippen molar-refractivity contribution in [3.05, 3.63) is 52.6 Å². The highest BCUT2D eigenvalue weighted by molar-refractivity contribution is 5.39. The number of hydrogen-bond acceptors (Lipinski definition) is 2. The van der Waals surface area contributed by atoms with E-state index >= 15 is 0 Å². The molecule has 18 heavy (non-hydrogen) atoms. The zero-order chi connectivity index (χ0) is 13.1. The topological polar surface area (TPSA) is 40.7 Å². The third-order valence-electron chi connectivity index (χ3n) is 3.32. The van der Waals surface area contributed by atoms with E-state index in [0.717, 1.165) is 12.2 Å². The molecule has 2 N–H and O–H groups in total. The van der Waals surface area contributed by atoms with Gasteiger partial charge in [0.25, 0.3) is 0 Å². The lowest BCUT2D eigenvalue weighted by Crippen LogP contribution is -2.20. The summed E-state index contributed by atoms with van der Waals surface area (Å²) in [6.45, 7) is 9.54.